The van der Waals surface area contributed by atoms with E-state index in [0.29, 0.717) is 6.04 Å². The molecule has 1 saturated heterocycles. The lowest BCUT2D eigenvalue weighted by Crippen LogP contribution is -2.36. The quantitative estimate of drug-likeness (QED) is 0.867. The van der Waals surface area contributed by atoms with E-state index in [4.69, 9.17) is 4.74 Å². The minimum absolute atomic E-state index is 0.224. The summed E-state index contributed by atoms with van der Waals surface area (Å²) in [7, 11) is 1.69. The monoisotopic (exact) mass is 355 g/mol. The van der Waals surface area contributed by atoms with Crippen LogP contribution in [0.5, 0.6) is 5.75 Å². The lowest BCUT2D eigenvalue weighted by Gasteiger charge is -2.31. The molecule has 0 bridgehead atoms. The smallest absolute Gasteiger partial charge is 0.133 e. The van der Waals surface area contributed by atoms with Crippen LogP contribution in [0.1, 0.15) is 44.6 Å². The molecule has 0 amide bonds. The Hall–Kier alpha value is -0.580. The van der Waals surface area contributed by atoms with Crippen molar-refractivity contribution in [1.29, 1.82) is 0 Å². The van der Waals surface area contributed by atoms with Crippen LogP contribution in [-0.4, -0.2) is 35.8 Å². The Bertz CT molecular complexity index is 450. The molecule has 1 fully saturated rings. The van der Waals surface area contributed by atoms with Gasteiger partial charge in [0, 0.05) is 12.6 Å². The summed E-state index contributed by atoms with van der Waals surface area (Å²) in [5.41, 5.74) is 1.29. The summed E-state index contributed by atoms with van der Waals surface area (Å²) >= 11 is 3.56. The zero-order valence-electron chi connectivity index (χ0n) is 13.0. The number of benzene rings is 1. The van der Waals surface area contributed by atoms with Gasteiger partial charge in [-0.25, -0.2) is 0 Å². The lowest BCUT2D eigenvalue weighted by atomic mass is 10.0. The average Bonchev–Trinajstić information content (AvgIpc) is 2.64. The predicted molar refractivity (Wildman–Crippen MR) is 89.7 cm³/mol. The highest BCUT2D eigenvalue weighted by atomic mass is 79.9. The molecule has 1 aromatic rings. The van der Waals surface area contributed by atoms with Crippen LogP contribution in [0.4, 0.5) is 0 Å². The highest BCUT2D eigenvalue weighted by Gasteiger charge is 2.22. The van der Waals surface area contributed by atoms with Crippen molar-refractivity contribution < 1.29 is 9.84 Å². The number of halogens is 1. The number of likely N-dealkylation sites (tertiary alicyclic amines) is 1. The summed E-state index contributed by atoms with van der Waals surface area (Å²) in [4.78, 5) is 2.54. The van der Waals surface area contributed by atoms with Crippen molar-refractivity contribution in [3.8, 4) is 5.75 Å². The molecule has 1 aliphatic rings. The number of rotatable bonds is 5. The highest BCUT2D eigenvalue weighted by molar-refractivity contribution is 9.10. The third-order valence-electron chi connectivity index (χ3n) is 4.21. The van der Waals surface area contributed by atoms with Gasteiger partial charge in [-0.2, -0.15) is 0 Å². The Balaban J connectivity index is 2.08. The first-order valence-corrected chi connectivity index (χ1v) is 8.64. The zero-order valence-corrected chi connectivity index (χ0v) is 14.6. The highest BCUT2D eigenvalue weighted by Crippen LogP contribution is 2.28. The molecule has 21 heavy (non-hydrogen) atoms. The van der Waals surface area contributed by atoms with E-state index in [1.54, 1.807) is 7.11 Å². The van der Waals surface area contributed by atoms with Gasteiger partial charge >= 0.3 is 0 Å². The molecule has 0 spiro atoms. The second-order valence-corrected chi connectivity index (χ2v) is 6.88. The van der Waals surface area contributed by atoms with Crippen molar-refractivity contribution in [2.75, 3.05) is 13.7 Å². The van der Waals surface area contributed by atoms with Gasteiger partial charge in [0.15, 0.2) is 0 Å². The van der Waals surface area contributed by atoms with Gasteiger partial charge in [0.1, 0.15) is 5.75 Å². The van der Waals surface area contributed by atoms with E-state index in [-0.39, 0.29) is 6.10 Å². The Kier molecular flexibility index (Phi) is 6.52. The summed E-state index contributed by atoms with van der Waals surface area (Å²) in [5.74, 6) is 0.871. The fraction of sp³-hybridized carbons (Fsp3) is 0.647. The van der Waals surface area contributed by atoms with Crippen LogP contribution in [0.25, 0.3) is 0 Å². The Morgan fingerprint density at radius 1 is 1.38 bits per heavy atom. The largest absolute Gasteiger partial charge is 0.496 e. The molecule has 1 aromatic carbocycles. The van der Waals surface area contributed by atoms with Crippen LogP contribution in [0, 0.1) is 0 Å². The number of aliphatic hydroxyl groups is 1. The number of methoxy groups -OCH3 is 1. The maximum Gasteiger partial charge on any atom is 0.133 e. The SMILES string of the molecule is COc1ccc(CN2CCCCCC2CC(C)O)cc1Br. The number of ether oxygens (including phenoxy) is 1. The number of aliphatic hydroxyl groups excluding tert-OH is 1. The third-order valence-corrected chi connectivity index (χ3v) is 4.83. The van der Waals surface area contributed by atoms with Crippen molar-refractivity contribution in [2.45, 2.75) is 57.7 Å². The minimum atomic E-state index is -0.224. The van der Waals surface area contributed by atoms with Crippen molar-refractivity contribution >= 4 is 15.9 Å². The molecule has 0 saturated carbocycles. The molecule has 2 atom stereocenters. The minimum Gasteiger partial charge on any atom is -0.496 e. The molecule has 0 aliphatic carbocycles. The second-order valence-electron chi connectivity index (χ2n) is 6.03. The molecule has 0 radical (unpaired) electrons. The standard InChI is InChI=1S/C17H26BrNO2/c1-13(20)10-15-6-4-3-5-9-19(15)12-14-7-8-17(21-2)16(18)11-14/h7-8,11,13,15,20H,3-6,9-10,12H2,1-2H3. The number of hydrogen-bond donors (Lipinski definition) is 1. The number of nitrogens with zero attached hydrogens (tertiary/aromatic N) is 1. The Morgan fingerprint density at radius 3 is 2.86 bits per heavy atom. The lowest BCUT2D eigenvalue weighted by molar-refractivity contribution is 0.108. The molecular weight excluding hydrogens is 330 g/mol. The van der Waals surface area contributed by atoms with E-state index in [9.17, 15) is 5.11 Å². The maximum atomic E-state index is 9.74. The Labute approximate surface area is 136 Å². The summed E-state index contributed by atoms with van der Waals surface area (Å²) in [6, 6.07) is 6.78. The Morgan fingerprint density at radius 2 is 2.19 bits per heavy atom. The first-order valence-electron chi connectivity index (χ1n) is 7.84. The third kappa shape index (κ3) is 4.97. The van der Waals surface area contributed by atoms with Crippen molar-refractivity contribution in [3.05, 3.63) is 28.2 Å². The molecule has 3 nitrogen and oxygen atoms in total. The molecule has 1 N–H and O–H groups in total. The van der Waals surface area contributed by atoms with Crippen LogP contribution in [0.2, 0.25) is 0 Å². The molecule has 2 unspecified atom stereocenters. The normalized spacial score (nSPS) is 21.8. The predicted octanol–water partition coefficient (Wildman–Crippen LogP) is 3.97. The maximum absolute atomic E-state index is 9.74. The van der Waals surface area contributed by atoms with Crippen molar-refractivity contribution in [3.63, 3.8) is 0 Å². The average molecular weight is 356 g/mol. The van der Waals surface area contributed by atoms with Gasteiger partial charge in [-0.1, -0.05) is 18.9 Å². The van der Waals surface area contributed by atoms with Gasteiger partial charge in [0.2, 0.25) is 0 Å². The van der Waals surface area contributed by atoms with Crippen LogP contribution in [0.15, 0.2) is 22.7 Å². The first-order chi connectivity index (χ1) is 10.1. The molecule has 1 heterocycles. The summed E-state index contributed by atoms with van der Waals surface area (Å²) < 4.78 is 6.29. The van der Waals surface area contributed by atoms with Gasteiger partial charge in [-0.05, 0) is 66.4 Å². The fourth-order valence-corrected chi connectivity index (χ4v) is 3.74. The van der Waals surface area contributed by atoms with Gasteiger partial charge < -0.3 is 9.84 Å². The zero-order chi connectivity index (χ0) is 15.2. The molecule has 2 rings (SSSR count). The van der Waals surface area contributed by atoms with Crippen LogP contribution in [-0.2, 0) is 6.54 Å². The van der Waals surface area contributed by atoms with Gasteiger partial charge in [0.25, 0.3) is 0 Å². The summed E-state index contributed by atoms with van der Waals surface area (Å²) in [6.07, 6.45) is 5.69. The van der Waals surface area contributed by atoms with E-state index in [0.717, 1.165) is 29.7 Å². The molecule has 4 heteroatoms. The fourth-order valence-electron chi connectivity index (χ4n) is 3.15. The molecule has 1 aliphatic heterocycles. The van der Waals surface area contributed by atoms with Crippen molar-refractivity contribution in [2.24, 2.45) is 0 Å². The van der Waals surface area contributed by atoms with E-state index in [2.05, 4.69) is 33.0 Å². The molecular formula is C17H26BrNO2. The number of hydrogen-bond acceptors (Lipinski definition) is 3. The van der Waals surface area contributed by atoms with Crippen LogP contribution in [0.3, 0.4) is 0 Å². The van der Waals surface area contributed by atoms with E-state index in [1.165, 1.54) is 31.2 Å². The van der Waals surface area contributed by atoms with Gasteiger partial charge in [0.05, 0.1) is 17.7 Å². The van der Waals surface area contributed by atoms with Crippen LogP contribution >= 0.6 is 15.9 Å². The summed E-state index contributed by atoms with van der Waals surface area (Å²) in [6.45, 7) is 3.97. The van der Waals surface area contributed by atoms with Gasteiger partial charge in [-0.3, -0.25) is 4.90 Å². The molecule has 0 aromatic heterocycles. The van der Waals surface area contributed by atoms with Crippen LogP contribution < -0.4 is 4.74 Å². The van der Waals surface area contributed by atoms with E-state index >= 15 is 0 Å². The first kappa shape index (κ1) is 16.8. The summed E-state index contributed by atoms with van der Waals surface area (Å²) in [5, 5.41) is 9.74. The topological polar surface area (TPSA) is 32.7 Å². The van der Waals surface area contributed by atoms with E-state index in [1.807, 2.05) is 13.0 Å². The van der Waals surface area contributed by atoms with E-state index < -0.39 is 0 Å². The van der Waals surface area contributed by atoms with Gasteiger partial charge in [-0.15, -0.1) is 0 Å². The second kappa shape index (κ2) is 8.16. The molecule has 118 valence electrons. The van der Waals surface area contributed by atoms with Crippen molar-refractivity contribution in [1.82, 2.24) is 4.90 Å².